The molecule has 1 atom stereocenters. The monoisotopic (exact) mass is 402 g/mol. The number of para-hydroxylation sites is 2. The molecule has 3 rings (SSSR count). The largest absolute Gasteiger partial charge is 0.350 e. The molecule has 8 nitrogen and oxygen atoms in total. The number of halogens is 1. The maximum Gasteiger partial charge on any atom is 0.247 e. The SMILES string of the molecule is C=CC(=O)Nc1ccccc1Nc1nc(N[C@H]2CCCN(OC)C2)ncc1Cl. The highest BCUT2D eigenvalue weighted by Crippen LogP contribution is 2.29. The zero-order valence-electron chi connectivity index (χ0n) is 15.6. The third-order valence-corrected chi connectivity index (χ3v) is 4.62. The summed E-state index contributed by atoms with van der Waals surface area (Å²) in [5.41, 5.74) is 1.26. The van der Waals surface area contributed by atoms with E-state index >= 15 is 0 Å². The second kappa shape index (κ2) is 9.50. The fraction of sp³-hybridized carbons (Fsp3) is 0.316. The molecule has 3 N–H and O–H groups in total. The first-order valence-corrected chi connectivity index (χ1v) is 9.34. The lowest BCUT2D eigenvalue weighted by atomic mass is 10.1. The van der Waals surface area contributed by atoms with Crippen LogP contribution in [0, 0.1) is 0 Å². The van der Waals surface area contributed by atoms with Gasteiger partial charge in [0.25, 0.3) is 0 Å². The molecule has 1 aliphatic heterocycles. The molecule has 2 aromatic rings. The number of carbonyl (C=O) groups excluding carboxylic acids is 1. The summed E-state index contributed by atoms with van der Waals surface area (Å²) in [6.07, 6.45) is 4.79. The van der Waals surface area contributed by atoms with Gasteiger partial charge in [-0.2, -0.15) is 10.0 Å². The van der Waals surface area contributed by atoms with Gasteiger partial charge in [-0.25, -0.2) is 4.98 Å². The molecule has 1 aromatic heterocycles. The minimum absolute atomic E-state index is 0.182. The van der Waals surface area contributed by atoms with Crippen molar-refractivity contribution in [1.82, 2.24) is 15.0 Å². The topological polar surface area (TPSA) is 91.4 Å². The van der Waals surface area contributed by atoms with Crippen molar-refractivity contribution in [3.8, 4) is 0 Å². The van der Waals surface area contributed by atoms with Crippen LogP contribution in [0.25, 0.3) is 0 Å². The number of nitrogens with zero attached hydrogens (tertiary/aromatic N) is 3. The quantitative estimate of drug-likeness (QED) is 0.611. The number of amides is 1. The molecular weight excluding hydrogens is 380 g/mol. The van der Waals surface area contributed by atoms with Crippen molar-refractivity contribution in [2.75, 3.05) is 36.1 Å². The van der Waals surface area contributed by atoms with Gasteiger partial charge in [-0.1, -0.05) is 30.3 Å². The molecule has 0 bridgehead atoms. The number of rotatable bonds is 7. The number of nitrogens with one attached hydrogen (secondary N) is 3. The van der Waals surface area contributed by atoms with Gasteiger partial charge in [0.15, 0.2) is 5.82 Å². The first-order chi connectivity index (χ1) is 13.6. The van der Waals surface area contributed by atoms with Gasteiger partial charge in [0.05, 0.1) is 24.7 Å². The van der Waals surface area contributed by atoms with Crippen LogP contribution < -0.4 is 16.0 Å². The summed E-state index contributed by atoms with van der Waals surface area (Å²) in [4.78, 5) is 25.7. The van der Waals surface area contributed by atoms with Crippen molar-refractivity contribution in [2.45, 2.75) is 18.9 Å². The van der Waals surface area contributed by atoms with Crippen LogP contribution in [0.5, 0.6) is 0 Å². The molecule has 0 unspecified atom stereocenters. The van der Waals surface area contributed by atoms with Gasteiger partial charge in [-0.05, 0) is 31.1 Å². The van der Waals surface area contributed by atoms with Gasteiger partial charge in [0.2, 0.25) is 11.9 Å². The second-order valence-corrected chi connectivity index (χ2v) is 6.72. The summed E-state index contributed by atoms with van der Waals surface area (Å²) in [7, 11) is 1.67. The minimum atomic E-state index is -0.301. The van der Waals surface area contributed by atoms with Crippen molar-refractivity contribution < 1.29 is 9.63 Å². The molecule has 9 heteroatoms. The van der Waals surface area contributed by atoms with Crippen LogP contribution in [0.1, 0.15) is 12.8 Å². The average molecular weight is 403 g/mol. The van der Waals surface area contributed by atoms with Gasteiger partial charge < -0.3 is 20.8 Å². The van der Waals surface area contributed by atoms with Crippen LogP contribution in [0.2, 0.25) is 5.02 Å². The molecule has 1 aliphatic rings. The van der Waals surface area contributed by atoms with Crippen LogP contribution in [-0.4, -0.2) is 47.2 Å². The van der Waals surface area contributed by atoms with Gasteiger partial charge in [0, 0.05) is 19.1 Å². The highest BCUT2D eigenvalue weighted by molar-refractivity contribution is 6.33. The lowest BCUT2D eigenvalue weighted by Crippen LogP contribution is -2.41. The van der Waals surface area contributed by atoms with E-state index in [4.69, 9.17) is 16.4 Å². The summed E-state index contributed by atoms with van der Waals surface area (Å²) in [5.74, 6) is 0.617. The standard InChI is InChI=1S/C19H23ClN6O2/c1-3-17(27)23-15-8-4-5-9-16(15)24-18-14(20)11-21-19(25-18)22-13-7-6-10-26(12-13)28-2/h3-5,8-9,11,13H,1,6-7,10,12H2,2H3,(H,23,27)(H2,21,22,24,25)/t13-/m0/s1. The highest BCUT2D eigenvalue weighted by Gasteiger charge is 2.20. The van der Waals surface area contributed by atoms with Gasteiger partial charge in [-0.3, -0.25) is 4.79 Å². The molecule has 28 heavy (non-hydrogen) atoms. The molecule has 1 aromatic carbocycles. The number of anilines is 4. The maximum absolute atomic E-state index is 11.6. The maximum atomic E-state index is 11.6. The molecular formula is C19H23ClN6O2. The number of hydroxylamine groups is 2. The zero-order chi connectivity index (χ0) is 19.9. The molecule has 0 radical (unpaired) electrons. The van der Waals surface area contributed by atoms with Crippen molar-refractivity contribution >= 4 is 40.6 Å². The number of carbonyl (C=O) groups is 1. The Morgan fingerprint density at radius 3 is 2.93 bits per heavy atom. The molecule has 0 aliphatic carbocycles. The normalized spacial score (nSPS) is 17.0. The van der Waals surface area contributed by atoms with E-state index in [-0.39, 0.29) is 11.9 Å². The first-order valence-electron chi connectivity index (χ1n) is 8.96. The summed E-state index contributed by atoms with van der Waals surface area (Å²) < 4.78 is 0. The first kappa shape index (κ1) is 20.1. The smallest absolute Gasteiger partial charge is 0.247 e. The lowest BCUT2D eigenvalue weighted by molar-refractivity contribution is -0.143. The van der Waals surface area contributed by atoms with E-state index in [2.05, 4.69) is 32.5 Å². The van der Waals surface area contributed by atoms with E-state index < -0.39 is 0 Å². The molecule has 0 saturated carbocycles. The van der Waals surface area contributed by atoms with E-state index in [0.717, 1.165) is 25.9 Å². The molecule has 1 amide bonds. The van der Waals surface area contributed by atoms with E-state index in [0.29, 0.717) is 28.2 Å². The Morgan fingerprint density at radius 1 is 1.39 bits per heavy atom. The van der Waals surface area contributed by atoms with Gasteiger partial charge in [-0.15, -0.1) is 0 Å². The minimum Gasteiger partial charge on any atom is -0.350 e. The number of benzene rings is 1. The molecule has 1 saturated heterocycles. The Labute approximate surface area is 168 Å². The third-order valence-electron chi connectivity index (χ3n) is 4.34. The average Bonchev–Trinajstić information content (AvgIpc) is 2.72. The van der Waals surface area contributed by atoms with E-state index in [1.807, 2.05) is 23.3 Å². The predicted molar refractivity (Wildman–Crippen MR) is 111 cm³/mol. The van der Waals surface area contributed by atoms with Crippen LogP contribution in [0.15, 0.2) is 43.1 Å². The molecule has 1 fully saturated rings. The van der Waals surface area contributed by atoms with Crippen LogP contribution >= 0.6 is 11.6 Å². The Balaban J connectivity index is 1.75. The van der Waals surface area contributed by atoms with Gasteiger partial charge >= 0.3 is 0 Å². The fourth-order valence-corrected chi connectivity index (χ4v) is 3.08. The summed E-state index contributed by atoms with van der Waals surface area (Å²) in [6, 6.07) is 7.45. The predicted octanol–water partition coefficient (Wildman–Crippen LogP) is 3.44. The Kier molecular flexibility index (Phi) is 6.80. The van der Waals surface area contributed by atoms with Crippen LogP contribution in [0.3, 0.4) is 0 Å². The summed E-state index contributed by atoms with van der Waals surface area (Å²) in [5, 5.41) is 11.5. The zero-order valence-corrected chi connectivity index (χ0v) is 16.4. The summed E-state index contributed by atoms with van der Waals surface area (Å²) >= 11 is 6.27. The molecule has 2 heterocycles. The van der Waals surface area contributed by atoms with Crippen molar-refractivity contribution in [3.63, 3.8) is 0 Å². The fourth-order valence-electron chi connectivity index (χ4n) is 2.95. The van der Waals surface area contributed by atoms with Crippen molar-refractivity contribution in [2.24, 2.45) is 0 Å². The number of piperidine rings is 1. The van der Waals surface area contributed by atoms with Crippen molar-refractivity contribution in [3.05, 3.63) is 48.1 Å². The molecule has 148 valence electrons. The number of hydrogen-bond acceptors (Lipinski definition) is 7. The van der Waals surface area contributed by atoms with Gasteiger partial charge in [0.1, 0.15) is 5.02 Å². The molecule has 0 spiro atoms. The van der Waals surface area contributed by atoms with E-state index in [1.165, 1.54) is 6.08 Å². The number of hydrogen-bond donors (Lipinski definition) is 3. The van der Waals surface area contributed by atoms with E-state index in [1.54, 1.807) is 19.4 Å². The Morgan fingerprint density at radius 2 is 2.18 bits per heavy atom. The highest BCUT2D eigenvalue weighted by atomic mass is 35.5. The van der Waals surface area contributed by atoms with Crippen LogP contribution in [-0.2, 0) is 9.63 Å². The Hall–Kier alpha value is -2.68. The summed E-state index contributed by atoms with van der Waals surface area (Å²) in [6.45, 7) is 5.13. The van der Waals surface area contributed by atoms with Crippen molar-refractivity contribution in [1.29, 1.82) is 0 Å². The third kappa shape index (κ3) is 5.19. The number of aromatic nitrogens is 2. The Bertz CT molecular complexity index is 847. The van der Waals surface area contributed by atoms with Crippen LogP contribution in [0.4, 0.5) is 23.1 Å². The lowest BCUT2D eigenvalue weighted by Gasteiger charge is -2.31. The second-order valence-electron chi connectivity index (χ2n) is 6.31. The van der Waals surface area contributed by atoms with E-state index in [9.17, 15) is 4.79 Å².